The maximum Gasteiger partial charge on any atom is 0.171 e. The third-order valence-electron chi connectivity index (χ3n) is 4.51. The Labute approximate surface area is 158 Å². The van der Waals surface area contributed by atoms with Gasteiger partial charge in [-0.25, -0.2) is 4.98 Å². The maximum absolute atomic E-state index is 5.62. The lowest BCUT2D eigenvalue weighted by Gasteiger charge is -2.19. The van der Waals surface area contributed by atoms with Crippen LogP contribution in [0.1, 0.15) is 24.4 Å². The van der Waals surface area contributed by atoms with E-state index < -0.39 is 0 Å². The van der Waals surface area contributed by atoms with Crippen LogP contribution in [0.3, 0.4) is 0 Å². The molecule has 0 N–H and O–H groups in total. The highest BCUT2D eigenvalue weighted by molar-refractivity contribution is 5.70. The summed E-state index contributed by atoms with van der Waals surface area (Å²) in [5.41, 5.74) is 1.93. The van der Waals surface area contributed by atoms with Crippen molar-refractivity contribution in [3.8, 4) is 22.9 Å². The van der Waals surface area contributed by atoms with Crippen LogP contribution in [-0.4, -0.2) is 52.3 Å². The number of ether oxygens (including phenoxy) is 3. The molecular weight excluding hydrogens is 346 g/mol. The van der Waals surface area contributed by atoms with Crippen molar-refractivity contribution in [1.29, 1.82) is 0 Å². The standard InChI is InChI=1S/C19H25N5O3/c1-13-10-15(17(27-5)16(11-13)26-4)19-20-6-7-24(19)14(2)18-22-21-12-23(18)8-9-25-3/h6-7,10-12,14H,8-9H2,1-5H3. The Morgan fingerprint density at radius 1 is 1.15 bits per heavy atom. The van der Waals surface area contributed by atoms with Crippen molar-refractivity contribution < 1.29 is 14.2 Å². The number of hydrogen-bond acceptors (Lipinski definition) is 6. The monoisotopic (exact) mass is 371 g/mol. The molecule has 27 heavy (non-hydrogen) atoms. The minimum Gasteiger partial charge on any atom is -0.493 e. The first-order valence-corrected chi connectivity index (χ1v) is 8.73. The molecule has 1 aromatic carbocycles. The normalized spacial score (nSPS) is 12.2. The van der Waals surface area contributed by atoms with E-state index in [0.717, 1.165) is 22.8 Å². The van der Waals surface area contributed by atoms with Gasteiger partial charge < -0.3 is 23.3 Å². The van der Waals surface area contributed by atoms with Crippen LogP contribution in [0.4, 0.5) is 0 Å². The van der Waals surface area contributed by atoms with Gasteiger partial charge in [0.25, 0.3) is 0 Å². The van der Waals surface area contributed by atoms with Gasteiger partial charge in [-0.1, -0.05) is 0 Å². The van der Waals surface area contributed by atoms with E-state index in [1.165, 1.54) is 0 Å². The van der Waals surface area contributed by atoms with E-state index in [1.54, 1.807) is 33.9 Å². The van der Waals surface area contributed by atoms with E-state index >= 15 is 0 Å². The molecule has 0 saturated carbocycles. The summed E-state index contributed by atoms with van der Waals surface area (Å²) in [5.74, 6) is 2.95. The van der Waals surface area contributed by atoms with Gasteiger partial charge in [0.2, 0.25) is 0 Å². The molecule has 2 heterocycles. The molecule has 8 heteroatoms. The zero-order valence-electron chi connectivity index (χ0n) is 16.3. The maximum atomic E-state index is 5.62. The summed E-state index contributed by atoms with van der Waals surface area (Å²) in [6.07, 6.45) is 5.43. The van der Waals surface area contributed by atoms with Crippen LogP contribution in [0.2, 0.25) is 0 Å². The summed E-state index contributed by atoms with van der Waals surface area (Å²) in [6, 6.07) is 3.92. The van der Waals surface area contributed by atoms with Crippen LogP contribution in [0.25, 0.3) is 11.4 Å². The fraction of sp³-hybridized carbons (Fsp3) is 0.421. The van der Waals surface area contributed by atoms with Crippen LogP contribution in [0, 0.1) is 6.92 Å². The second kappa shape index (κ2) is 8.22. The fourth-order valence-corrected chi connectivity index (χ4v) is 3.18. The number of hydrogen-bond donors (Lipinski definition) is 0. The van der Waals surface area contributed by atoms with Crippen LogP contribution < -0.4 is 9.47 Å². The van der Waals surface area contributed by atoms with Gasteiger partial charge >= 0.3 is 0 Å². The van der Waals surface area contributed by atoms with Gasteiger partial charge in [-0.15, -0.1) is 10.2 Å². The van der Waals surface area contributed by atoms with Gasteiger partial charge in [0, 0.05) is 26.0 Å². The third kappa shape index (κ3) is 3.66. The predicted octanol–water partition coefficient (Wildman–Crippen LogP) is 2.72. The average Bonchev–Trinajstić information content (AvgIpc) is 3.34. The van der Waals surface area contributed by atoms with Gasteiger partial charge in [0.05, 0.1) is 32.4 Å². The molecule has 3 aromatic rings. The van der Waals surface area contributed by atoms with Crippen LogP contribution in [-0.2, 0) is 11.3 Å². The molecule has 8 nitrogen and oxygen atoms in total. The number of rotatable bonds is 8. The van der Waals surface area contributed by atoms with Crippen molar-refractivity contribution in [1.82, 2.24) is 24.3 Å². The first kappa shape index (κ1) is 18.9. The lowest BCUT2D eigenvalue weighted by Crippen LogP contribution is -2.16. The molecule has 3 rings (SSSR count). The third-order valence-corrected chi connectivity index (χ3v) is 4.51. The summed E-state index contributed by atoms with van der Waals surface area (Å²) >= 11 is 0. The van der Waals surface area contributed by atoms with Gasteiger partial charge in [-0.2, -0.15) is 0 Å². The zero-order valence-corrected chi connectivity index (χ0v) is 16.3. The summed E-state index contributed by atoms with van der Waals surface area (Å²) in [6.45, 7) is 5.37. The van der Waals surface area contributed by atoms with Crippen molar-refractivity contribution in [3.63, 3.8) is 0 Å². The Morgan fingerprint density at radius 2 is 1.96 bits per heavy atom. The SMILES string of the molecule is COCCn1cnnc1C(C)n1ccnc1-c1cc(C)cc(OC)c1OC. The second-order valence-electron chi connectivity index (χ2n) is 6.26. The molecule has 1 unspecified atom stereocenters. The number of aromatic nitrogens is 5. The molecular formula is C19H25N5O3. The molecule has 0 spiro atoms. The first-order chi connectivity index (χ1) is 13.1. The number of methoxy groups -OCH3 is 3. The molecule has 0 aliphatic heterocycles. The molecule has 2 aromatic heterocycles. The Hall–Kier alpha value is -2.87. The van der Waals surface area contributed by atoms with E-state index in [0.29, 0.717) is 24.7 Å². The lowest BCUT2D eigenvalue weighted by molar-refractivity contribution is 0.185. The van der Waals surface area contributed by atoms with E-state index in [-0.39, 0.29) is 6.04 Å². The van der Waals surface area contributed by atoms with Crippen molar-refractivity contribution in [3.05, 3.63) is 42.2 Å². The molecule has 1 atom stereocenters. The quantitative estimate of drug-likeness (QED) is 0.606. The Morgan fingerprint density at radius 3 is 2.67 bits per heavy atom. The van der Waals surface area contributed by atoms with E-state index in [1.807, 2.05) is 29.8 Å². The Kier molecular flexibility index (Phi) is 5.75. The molecule has 0 aliphatic carbocycles. The van der Waals surface area contributed by atoms with Crippen LogP contribution in [0.15, 0.2) is 30.9 Å². The van der Waals surface area contributed by atoms with Crippen molar-refractivity contribution in [2.24, 2.45) is 0 Å². The number of benzene rings is 1. The molecule has 0 radical (unpaired) electrons. The van der Waals surface area contributed by atoms with Crippen molar-refractivity contribution in [2.45, 2.75) is 26.4 Å². The van der Waals surface area contributed by atoms with E-state index in [4.69, 9.17) is 14.2 Å². The lowest BCUT2D eigenvalue weighted by atomic mass is 10.1. The molecule has 0 saturated heterocycles. The van der Waals surface area contributed by atoms with Gasteiger partial charge in [-0.05, 0) is 31.5 Å². The van der Waals surface area contributed by atoms with E-state index in [9.17, 15) is 0 Å². The van der Waals surface area contributed by atoms with Gasteiger partial charge in [0.1, 0.15) is 12.2 Å². The fourth-order valence-electron chi connectivity index (χ4n) is 3.18. The molecule has 0 bridgehead atoms. The first-order valence-electron chi connectivity index (χ1n) is 8.73. The minimum absolute atomic E-state index is 0.0712. The van der Waals surface area contributed by atoms with Crippen molar-refractivity contribution in [2.75, 3.05) is 27.9 Å². The average molecular weight is 371 g/mol. The van der Waals surface area contributed by atoms with E-state index in [2.05, 4.69) is 26.7 Å². The molecule has 0 fully saturated rings. The smallest absolute Gasteiger partial charge is 0.171 e. The summed E-state index contributed by atoms with van der Waals surface area (Å²) in [4.78, 5) is 4.58. The van der Waals surface area contributed by atoms with Gasteiger partial charge in [0.15, 0.2) is 17.3 Å². The summed E-state index contributed by atoms with van der Waals surface area (Å²) < 4.78 is 20.3. The van der Waals surface area contributed by atoms with Crippen LogP contribution in [0.5, 0.6) is 11.5 Å². The van der Waals surface area contributed by atoms with Crippen molar-refractivity contribution >= 4 is 0 Å². The minimum atomic E-state index is -0.0712. The highest BCUT2D eigenvalue weighted by Gasteiger charge is 2.22. The zero-order chi connectivity index (χ0) is 19.4. The topological polar surface area (TPSA) is 76.2 Å². The summed E-state index contributed by atoms with van der Waals surface area (Å²) in [7, 11) is 4.95. The highest BCUT2D eigenvalue weighted by atomic mass is 16.5. The second-order valence-corrected chi connectivity index (χ2v) is 6.26. The van der Waals surface area contributed by atoms with Crippen LogP contribution >= 0.6 is 0 Å². The number of aryl methyl sites for hydroxylation is 1. The molecule has 0 aliphatic rings. The Balaban J connectivity index is 2.05. The number of nitrogens with zero attached hydrogens (tertiary/aromatic N) is 5. The molecule has 0 amide bonds. The predicted molar refractivity (Wildman–Crippen MR) is 101 cm³/mol. The highest BCUT2D eigenvalue weighted by Crippen LogP contribution is 2.39. The molecule has 144 valence electrons. The summed E-state index contributed by atoms with van der Waals surface area (Å²) in [5, 5.41) is 8.37. The largest absolute Gasteiger partial charge is 0.493 e. The Bertz CT molecular complexity index is 903. The van der Waals surface area contributed by atoms with Gasteiger partial charge in [-0.3, -0.25) is 0 Å². The number of imidazole rings is 1.